The molecule has 1 saturated heterocycles. The van der Waals surface area contributed by atoms with Gasteiger partial charge in [0, 0.05) is 17.9 Å². The van der Waals surface area contributed by atoms with E-state index in [4.69, 9.17) is 5.11 Å². The number of rotatable bonds is 5. The van der Waals surface area contributed by atoms with Gasteiger partial charge in [0.05, 0.1) is 12.0 Å². The zero-order valence-electron chi connectivity index (χ0n) is 14.9. The molecule has 0 aliphatic carbocycles. The Balaban J connectivity index is 1.35. The average Bonchev–Trinajstić information content (AvgIpc) is 3.07. The molecule has 3 N–H and O–H groups in total. The molecule has 2 aliphatic heterocycles. The van der Waals surface area contributed by atoms with Gasteiger partial charge in [-0.3, -0.25) is 9.69 Å². The molecule has 0 radical (unpaired) electrons. The van der Waals surface area contributed by atoms with Crippen molar-refractivity contribution in [2.45, 2.75) is 42.7 Å². The Bertz CT molecular complexity index is 799. The van der Waals surface area contributed by atoms with Crippen LogP contribution < -0.4 is 5.32 Å². The summed E-state index contributed by atoms with van der Waals surface area (Å²) in [5.41, 5.74) is 2.44. The number of carboxylic acids is 1. The lowest BCUT2D eigenvalue weighted by Gasteiger charge is -2.34. The molecule has 1 aromatic heterocycles. The van der Waals surface area contributed by atoms with Crippen molar-refractivity contribution in [1.29, 1.82) is 0 Å². The summed E-state index contributed by atoms with van der Waals surface area (Å²) in [6, 6.07) is 6.59. The summed E-state index contributed by atoms with van der Waals surface area (Å²) < 4.78 is 0. The molecule has 2 aliphatic rings. The first-order valence-corrected chi connectivity index (χ1v) is 9.95. The second-order valence-electron chi connectivity index (χ2n) is 7.33. The molecule has 0 saturated carbocycles. The number of benzene rings is 1. The van der Waals surface area contributed by atoms with Crippen molar-refractivity contribution in [1.82, 2.24) is 14.9 Å². The van der Waals surface area contributed by atoms with Gasteiger partial charge in [-0.1, -0.05) is 24.8 Å². The standard InChI is InChI=1S/C19H24N4O2S/c1-12(8-17(24)25)14-4-6-23(7-5-14)10-13-2-3-16-15(9-13)22-18-19(26-16)21-11-20-18/h2-3,9,11-12,14,22H,4-8,10H2,1H3,(H,20,21)(H,24,25). The number of hydrogen-bond acceptors (Lipinski definition) is 5. The van der Waals surface area contributed by atoms with E-state index in [1.807, 2.05) is 0 Å². The maximum atomic E-state index is 10.9. The predicted molar refractivity (Wildman–Crippen MR) is 102 cm³/mol. The molecule has 1 atom stereocenters. The molecular weight excluding hydrogens is 348 g/mol. The molecule has 1 fully saturated rings. The summed E-state index contributed by atoms with van der Waals surface area (Å²) in [5, 5.41) is 13.4. The third-order valence-electron chi connectivity index (χ3n) is 5.45. The molecular formula is C19H24N4O2S. The van der Waals surface area contributed by atoms with Crippen LogP contribution in [0.1, 0.15) is 31.7 Å². The SMILES string of the molecule is CC(CC(=O)O)C1CCN(Cc2ccc3c(c2)Nc2[nH]cnc2S3)CC1. The summed E-state index contributed by atoms with van der Waals surface area (Å²) in [5.74, 6) is 1.08. The van der Waals surface area contributed by atoms with Crippen molar-refractivity contribution >= 4 is 29.2 Å². The lowest BCUT2D eigenvalue weighted by atomic mass is 9.83. The number of carboxylic acid groups (broad SMARTS) is 1. The topological polar surface area (TPSA) is 81.2 Å². The molecule has 0 bridgehead atoms. The van der Waals surface area contributed by atoms with Crippen LogP contribution in [0, 0.1) is 11.8 Å². The van der Waals surface area contributed by atoms with Crippen LogP contribution in [0.2, 0.25) is 0 Å². The number of fused-ring (bicyclic) bond motifs is 2. The van der Waals surface area contributed by atoms with Gasteiger partial charge >= 0.3 is 5.97 Å². The molecule has 0 amide bonds. The van der Waals surface area contributed by atoms with Crippen LogP contribution in [0.4, 0.5) is 11.5 Å². The summed E-state index contributed by atoms with van der Waals surface area (Å²) in [4.78, 5) is 22.0. The number of aromatic amines is 1. The minimum Gasteiger partial charge on any atom is -0.481 e. The summed E-state index contributed by atoms with van der Waals surface area (Å²) in [6.45, 7) is 5.09. The number of aromatic nitrogens is 2. The number of carbonyl (C=O) groups is 1. The van der Waals surface area contributed by atoms with Gasteiger partial charge in [0.1, 0.15) is 10.8 Å². The number of likely N-dealkylation sites (tertiary alicyclic amines) is 1. The Kier molecular flexibility index (Phi) is 4.91. The van der Waals surface area contributed by atoms with Crippen molar-refractivity contribution in [2.24, 2.45) is 11.8 Å². The van der Waals surface area contributed by atoms with Crippen LogP contribution in [0.5, 0.6) is 0 Å². The normalized spacial score (nSPS) is 18.7. The monoisotopic (exact) mass is 372 g/mol. The van der Waals surface area contributed by atoms with E-state index in [0.29, 0.717) is 5.92 Å². The highest BCUT2D eigenvalue weighted by Crippen LogP contribution is 2.42. The zero-order valence-corrected chi connectivity index (χ0v) is 15.7. The fourth-order valence-electron chi connectivity index (χ4n) is 3.93. The first-order chi connectivity index (χ1) is 12.6. The van der Waals surface area contributed by atoms with E-state index in [9.17, 15) is 4.79 Å². The van der Waals surface area contributed by atoms with Crippen LogP contribution in [0.15, 0.2) is 34.4 Å². The molecule has 1 aromatic carbocycles. The van der Waals surface area contributed by atoms with Gasteiger partial charge in [-0.2, -0.15) is 0 Å². The number of anilines is 2. The number of nitrogens with zero attached hydrogens (tertiary/aromatic N) is 2. The second-order valence-corrected chi connectivity index (χ2v) is 8.36. The van der Waals surface area contributed by atoms with Crippen LogP contribution in [-0.2, 0) is 11.3 Å². The number of imidazole rings is 1. The summed E-state index contributed by atoms with van der Waals surface area (Å²) in [6.07, 6.45) is 4.18. The predicted octanol–water partition coefficient (Wildman–Crippen LogP) is 3.94. The molecule has 4 rings (SSSR count). The van der Waals surface area contributed by atoms with Gasteiger partial charge in [-0.25, -0.2) is 4.98 Å². The quantitative estimate of drug-likeness (QED) is 0.629. The maximum Gasteiger partial charge on any atom is 0.303 e. The Morgan fingerprint density at radius 1 is 1.42 bits per heavy atom. The molecule has 3 heterocycles. The van der Waals surface area contributed by atoms with Crippen LogP contribution in [-0.4, -0.2) is 39.0 Å². The van der Waals surface area contributed by atoms with E-state index in [0.717, 1.165) is 49.0 Å². The van der Waals surface area contributed by atoms with E-state index in [2.05, 4.69) is 45.3 Å². The number of hydrogen-bond donors (Lipinski definition) is 3. The number of aliphatic carboxylic acids is 1. The summed E-state index contributed by atoms with van der Waals surface area (Å²) >= 11 is 1.69. The van der Waals surface area contributed by atoms with Gasteiger partial charge in [0.2, 0.25) is 0 Å². The highest BCUT2D eigenvalue weighted by Gasteiger charge is 2.25. The highest BCUT2D eigenvalue weighted by atomic mass is 32.2. The smallest absolute Gasteiger partial charge is 0.303 e. The van der Waals surface area contributed by atoms with Crippen LogP contribution in [0.25, 0.3) is 0 Å². The van der Waals surface area contributed by atoms with E-state index < -0.39 is 5.97 Å². The van der Waals surface area contributed by atoms with Crippen molar-refractivity contribution < 1.29 is 9.90 Å². The molecule has 0 spiro atoms. The Labute approximate surface area is 157 Å². The molecule has 1 unspecified atom stereocenters. The lowest BCUT2D eigenvalue weighted by molar-refractivity contribution is -0.138. The minimum absolute atomic E-state index is 0.267. The van der Waals surface area contributed by atoms with E-state index in [1.165, 1.54) is 10.5 Å². The summed E-state index contributed by atoms with van der Waals surface area (Å²) in [7, 11) is 0. The van der Waals surface area contributed by atoms with E-state index in [1.54, 1.807) is 18.1 Å². The Morgan fingerprint density at radius 2 is 2.23 bits per heavy atom. The second kappa shape index (κ2) is 7.32. The Morgan fingerprint density at radius 3 is 3.00 bits per heavy atom. The van der Waals surface area contributed by atoms with Gasteiger partial charge in [0.15, 0.2) is 0 Å². The number of piperidine rings is 1. The highest BCUT2D eigenvalue weighted by molar-refractivity contribution is 7.99. The van der Waals surface area contributed by atoms with Gasteiger partial charge < -0.3 is 15.4 Å². The third-order valence-corrected chi connectivity index (χ3v) is 6.53. The third kappa shape index (κ3) is 3.73. The molecule has 6 nitrogen and oxygen atoms in total. The van der Waals surface area contributed by atoms with Crippen molar-refractivity contribution in [3.05, 3.63) is 30.1 Å². The molecule has 138 valence electrons. The van der Waals surface area contributed by atoms with Crippen molar-refractivity contribution in [3.8, 4) is 0 Å². The zero-order chi connectivity index (χ0) is 18.1. The van der Waals surface area contributed by atoms with Gasteiger partial charge in [0.25, 0.3) is 0 Å². The van der Waals surface area contributed by atoms with E-state index in [-0.39, 0.29) is 12.3 Å². The van der Waals surface area contributed by atoms with Crippen LogP contribution in [0.3, 0.4) is 0 Å². The Hall–Kier alpha value is -1.99. The number of nitrogens with one attached hydrogen (secondary N) is 2. The first-order valence-electron chi connectivity index (χ1n) is 9.14. The molecule has 26 heavy (non-hydrogen) atoms. The minimum atomic E-state index is -0.681. The lowest BCUT2D eigenvalue weighted by Crippen LogP contribution is -2.35. The molecule has 7 heteroatoms. The van der Waals surface area contributed by atoms with Crippen molar-refractivity contribution in [2.75, 3.05) is 18.4 Å². The largest absolute Gasteiger partial charge is 0.481 e. The maximum absolute atomic E-state index is 10.9. The van der Waals surface area contributed by atoms with E-state index >= 15 is 0 Å². The van der Waals surface area contributed by atoms with Gasteiger partial charge in [-0.15, -0.1) is 0 Å². The number of H-pyrrole nitrogens is 1. The van der Waals surface area contributed by atoms with Crippen molar-refractivity contribution in [3.63, 3.8) is 0 Å². The average molecular weight is 372 g/mol. The fraction of sp³-hybridized carbons (Fsp3) is 0.474. The first kappa shape index (κ1) is 17.4. The van der Waals surface area contributed by atoms with Gasteiger partial charge in [-0.05, 0) is 55.5 Å². The fourth-order valence-corrected chi connectivity index (χ4v) is 4.81. The molecule has 2 aromatic rings. The van der Waals surface area contributed by atoms with Crippen LogP contribution >= 0.6 is 11.8 Å².